The Morgan fingerprint density at radius 3 is 2.68 bits per heavy atom. The second-order valence-corrected chi connectivity index (χ2v) is 4.46. The van der Waals surface area contributed by atoms with Crippen molar-refractivity contribution in [2.75, 3.05) is 11.9 Å². The van der Waals surface area contributed by atoms with Gasteiger partial charge in [0.15, 0.2) is 6.29 Å². The largest absolute Gasteiger partial charge is 0.369 e. The number of hydrogen-bond acceptors (Lipinski definition) is 4. The number of anilines is 1. The molecule has 4 nitrogen and oxygen atoms in total. The number of aldehydes is 1. The Morgan fingerprint density at radius 2 is 2.00 bits per heavy atom. The molecular weight excluding hydrogens is 262 g/mol. The molecule has 0 bridgehead atoms. The molecule has 98 valence electrons. The van der Waals surface area contributed by atoms with Crippen molar-refractivity contribution in [1.82, 2.24) is 9.97 Å². The molecule has 0 saturated carbocycles. The van der Waals surface area contributed by atoms with Crippen molar-refractivity contribution in [3.8, 4) is 0 Å². The Bertz CT molecular complexity index is 572. The van der Waals surface area contributed by atoms with E-state index in [2.05, 4.69) is 27.4 Å². The topological polar surface area (TPSA) is 54.9 Å². The highest BCUT2D eigenvalue weighted by molar-refractivity contribution is 6.32. The molecule has 1 N–H and O–H groups in total. The highest BCUT2D eigenvalue weighted by atomic mass is 35.5. The van der Waals surface area contributed by atoms with Crippen molar-refractivity contribution in [2.24, 2.45) is 0 Å². The van der Waals surface area contributed by atoms with Crippen LogP contribution in [0, 0.1) is 6.92 Å². The van der Waals surface area contributed by atoms with Crippen LogP contribution in [0.5, 0.6) is 0 Å². The number of nitrogens with one attached hydrogen (secondary N) is 1. The van der Waals surface area contributed by atoms with Gasteiger partial charge in [-0.05, 0) is 18.9 Å². The molecule has 1 aromatic carbocycles. The van der Waals surface area contributed by atoms with E-state index in [1.54, 1.807) is 6.92 Å². The van der Waals surface area contributed by atoms with E-state index in [1.807, 2.05) is 18.2 Å². The van der Waals surface area contributed by atoms with Crippen LogP contribution >= 0.6 is 11.6 Å². The molecular formula is C14H14ClN3O. The van der Waals surface area contributed by atoms with E-state index in [0.29, 0.717) is 30.0 Å². The van der Waals surface area contributed by atoms with Crippen molar-refractivity contribution in [3.05, 3.63) is 52.4 Å². The lowest BCUT2D eigenvalue weighted by atomic mass is 10.1. The maximum absolute atomic E-state index is 11.0. The molecule has 2 rings (SSSR count). The molecule has 0 aliphatic heterocycles. The van der Waals surface area contributed by atoms with Gasteiger partial charge in [-0.3, -0.25) is 4.79 Å². The fourth-order valence-electron chi connectivity index (χ4n) is 1.76. The highest BCUT2D eigenvalue weighted by Crippen LogP contribution is 2.18. The normalized spacial score (nSPS) is 10.2. The minimum Gasteiger partial charge on any atom is -0.369 e. The van der Waals surface area contributed by atoms with Crippen molar-refractivity contribution >= 4 is 23.7 Å². The van der Waals surface area contributed by atoms with Crippen molar-refractivity contribution in [2.45, 2.75) is 13.3 Å². The summed E-state index contributed by atoms with van der Waals surface area (Å²) in [5.41, 5.74) is 1.53. The summed E-state index contributed by atoms with van der Waals surface area (Å²) in [7, 11) is 0. The summed E-state index contributed by atoms with van der Waals surface area (Å²) in [6.45, 7) is 2.42. The van der Waals surface area contributed by atoms with Gasteiger partial charge >= 0.3 is 0 Å². The summed E-state index contributed by atoms with van der Waals surface area (Å²) in [6.07, 6.45) is 1.52. The average molecular weight is 276 g/mol. The van der Waals surface area contributed by atoms with Crippen LogP contribution in [-0.4, -0.2) is 22.8 Å². The Kier molecular flexibility index (Phi) is 4.47. The number of carbonyl (C=O) groups excluding carboxylic acids is 1. The van der Waals surface area contributed by atoms with Gasteiger partial charge in [0.1, 0.15) is 16.8 Å². The number of aryl methyl sites for hydroxylation is 1. The van der Waals surface area contributed by atoms with E-state index < -0.39 is 0 Å². The van der Waals surface area contributed by atoms with Gasteiger partial charge < -0.3 is 5.32 Å². The lowest BCUT2D eigenvalue weighted by Crippen LogP contribution is -2.10. The molecule has 0 atom stereocenters. The Balaban J connectivity index is 2.05. The first-order valence-electron chi connectivity index (χ1n) is 5.98. The van der Waals surface area contributed by atoms with Crippen molar-refractivity contribution in [1.29, 1.82) is 0 Å². The summed E-state index contributed by atoms with van der Waals surface area (Å²) in [5.74, 6) is 1.03. The fraction of sp³-hybridized carbons (Fsp3) is 0.214. The van der Waals surface area contributed by atoms with E-state index in [0.717, 1.165) is 6.42 Å². The molecule has 0 saturated heterocycles. The first-order valence-corrected chi connectivity index (χ1v) is 6.35. The molecule has 1 heterocycles. The van der Waals surface area contributed by atoms with Crippen LogP contribution < -0.4 is 5.32 Å². The number of nitrogens with zero attached hydrogens (tertiary/aromatic N) is 2. The van der Waals surface area contributed by atoms with Crippen LogP contribution in [0.1, 0.15) is 21.7 Å². The van der Waals surface area contributed by atoms with Crippen LogP contribution in [0.25, 0.3) is 0 Å². The maximum Gasteiger partial charge on any atom is 0.156 e. The van der Waals surface area contributed by atoms with Gasteiger partial charge in [-0.15, -0.1) is 0 Å². The van der Waals surface area contributed by atoms with Gasteiger partial charge in [0.25, 0.3) is 0 Å². The third kappa shape index (κ3) is 3.51. The summed E-state index contributed by atoms with van der Waals surface area (Å²) in [5, 5.41) is 3.31. The zero-order valence-electron chi connectivity index (χ0n) is 10.6. The quantitative estimate of drug-likeness (QED) is 0.673. The minimum atomic E-state index is 0.185. The molecule has 0 amide bonds. The number of carbonyl (C=O) groups is 1. The SMILES string of the molecule is Cc1nc(Cl)c(C=O)c(NCCc2ccccc2)n1. The predicted molar refractivity (Wildman–Crippen MR) is 75.8 cm³/mol. The van der Waals surface area contributed by atoms with Gasteiger partial charge in [-0.25, -0.2) is 9.97 Å². The molecule has 0 radical (unpaired) electrons. The van der Waals surface area contributed by atoms with Gasteiger partial charge in [0, 0.05) is 6.54 Å². The number of rotatable bonds is 5. The van der Waals surface area contributed by atoms with Crippen molar-refractivity contribution < 1.29 is 4.79 Å². The monoisotopic (exact) mass is 275 g/mol. The lowest BCUT2D eigenvalue weighted by Gasteiger charge is -2.09. The van der Waals surface area contributed by atoms with Gasteiger partial charge in [0.2, 0.25) is 0 Å². The number of aromatic nitrogens is 2. The molecule has 1 aromatic heterocycles. The average Bonchev–Trinajstić information content (AvgIpc) is 2.39. The first-order chi connectivity index (χ1) is 9.20. The zero-order valence-corrected chi connectivity index (χ0v) is 11.3. The summed E-state index contributed by atoms with van der Waals surface area (Å²) in [4.78, 5) is 19.1. The summed E-state index contributed by atoms with van der Waals surface area (Å²) < 4.78 is 0. The van der Waals surface area contributed by atoms with E-state index in [-0.39, 0.29) is 5.15 Å². The third-order valence-electron chi connectivity index (χ3n) is 2.68. The first kappa shape index (κ1) is 13.5. The van der Waals surface area contributed by atoms with Crippen LogP contribution in [0.15, 0.2) is 30.3 Å². The van der Waals surface area contributed by atoms with Gasteiger partial charge in [0.05, 0.1) is 5.56 Å². The van der Waals surface area contributed by atoms with Crippen LogP contribution in [0.3, 0.4) is 0 Å². The molecule has 0 aliphatic carbocycles. The summed E-state index contributed by atoms with van der Waals surface area (Å²) >= 11 is 5.91. The standard InChI is InChI=1S/C14H14ClN3O/c1-10-17-13(15)12(9-19)14(18-10)16-8-7-11-5-3-2-4-6-11/h2-6,9H,7-8H2,1H3,(H,16,17,18). The molecule has 19 heavy (non-hydrogen) atoms. The zero-order chi connectivity index (χ0) is 13.7. The smallest absolute Gasteiger partial charge is 0.156 e. The van der Waals surface area contributed by atoms with E-state index in [9.17, 15) is 4.79 Å². The third-order valence-corrected chi connectivity index (χ3v) is 2.97. The van der Waals surface area contributed by atoms with Crippen LogP contribution in [0.2, 0.25) is 5.15 Å². The van der Waals surface area contributed by atoms with E-state index >= 15 is 0 Å². The van der Waals surface area contributed by atoms with Gasteiger partial charge in [-0.2, -0.15) is 0 Å². The summed E-state index contributed by atoms with van der Waals surface area (Å²) in [6, 6.07) is 10.1. The van der Waals surface area contributed by atoms with Crippen LogP contribution in [0.4, 0.5) is 5.82 Å². The molecule has 5 heteroatoms. The Labute approximate surface area is 116 Å². The minimum absolute atomic E-state index is 0.185. The molecule has 0 unspecified atom stereocenters. The fourth-order valence-corrected chi connectivity index (χ4v) is 2.01. The number of hydrogen-bond donors (Lipinski definition) is 1. The molecule has 2 aromatic rings. The van der Waals surface area contributed by atoms with Crippen LogP contribution in [-0.2, 0) is 6.42 Å². The molecule has 0 fully saturated rings. The number of benzene rings is 1. The van der Waals surface area contributed by atoms with Gasteiger partial charge in [-0.1, -0.05) is 41.9 Å². The maximum atomic E-state index is 11.0. The van der Waals surface area contributed by atoms with Crippen molar-refractivity contribution in [3.63, 3.8) is 0 Å². The number of halogens is 1. The van der Waals surface area contributed by atoms with E-state index in [1.165, 1.54) is 5.56 Å². The van der Waals surface area contributed by atoms with E-state index in [4.69, 9.17) is 11.6 Å². The second kappa shape index (κ2) is 6.29. The molecule has 0 aliphatic rings. The Morgan fingerprint density at radius 1 is 1.26 bits per heavy atom. The predicted octanol–water partition coefficient (Wildman–Crippen LogP) is 2.91. The lowest BCUT2D eigenvalue weighted by molar-refractivity contribution is 0.112. The Hall–Kier alpha value is -1.94. The molecule has 0 spiro atoms. The highest BCUT2D eigenvalue weighted by Gasteiger charge is 2.10. The second-order valence-electron chi connectivity index (χ2n) is 4.10.